The van der Waals surface area contributed by atoms with E-state index in [-0.39, 0.29) is 6.29 Å². The Labute approximate surface area is 66.8 Å². The first-order valence-corrected chi connectivity index (χ1v) is 3.49. The summed E-state index contributed by atoms with van der Waals surface area (Å²) in [6.45, 7) is 1.83. The molecule has 1 atom stereocenters. The predicted octanol–water partition coefficient (Wildman–Crippen LogP) is 1.86. The maximum Gasteiger partial charge on any atom is 0.196 e. The Bertz CT molecular complexity index is 196. The lowest BCUT2D eigenvalue weighted by Crippen LogP contribution is -2.13. The maximum absolute atomic E-state index is 5.29. The number of methoxy groups -OCH3 is 1. The van der Waals surface area contributed by atoms with Gasteiger partial charge in [-0.2, -0.15) is 0 Å². The van der Waals surface area contributed by atoms with Crippen molar-refractivity contribution in [3.05, 3.63) is 30.3 Å². The first-order chi connectivity index (χ1) is 5.33. The van der Waals surface area contributed by atoms with E-state index in [1.165, 1.54) is 0 Å². The zero-order valence-electron chi connectivity index (χ0n) is 6.70. The molecule has 11 heavy (non-hydrogen) atoms. The van der Waals surface area contributed by atoms with Gasteiger partial charge in [0, 0.05) is 13.2 Å². The van der Waals surface area contributed by atoms with Crippen molar-refractivity contribution in [1.82, 2.24) is 0 Å². The van der Waals surface area contributed by atoms with Crippen LogP contribution in [0.4, 0.5) is 0 Å². The summed E-state index contributed by atoms with van der Waals surface area (Å²) in [4.78, 5) is 0. The average molecular weight is 151 g/mol. The van der Waals surface area contributed by atoms with Crippen LogP contribution >= 0.6 is 0 Å². The predicted molar refractivity (Wildman–Crippen MR) is 42.4 cm³/mol. The van der Waals surface area contributed by atoms with Gasteiger partial charge in [-0.05, 0) is 13.0 Å². The van der Waals surface area contributed by atoms with Gasteiger partial charge in [-0.1, -0.05) is 18.2 Å². The average Bonchev–Trinajstić information content (AvgIpc) is 2.06. The highest BCUT2D eigenvalue weighted by Gasteiger charge is 1.98. The van der Waals surface area contributed by atoms with Gasteiger partial charge >= 0.3 is 0 Å². The summed E-state index contributed by atoms with van der Waals surface area (Å²) in [6, 6.07) is 10.4. The molecule has 0 amide bonds. The van der Waals surface area contributed by atoms with E-state index in [0.717, 1.165) is 0 Å². The molecule has 1 unspecified atom stereocenters. The van der Waals surface area contributed by atoms with Crippen LogP contribution in [0, 0.1) is 6.07 Å². The van der Waals surface area contributed by atoms with Crippen molar-refractivity contribution in [3.8, 4) is 5.75 Å². The Morgan fingerprint density at radius 3 is 2.82 bits per heavy atom. The third-order valence-electron chi connectivity index (χ3n) is 1.31. The zero-order valence-corrected chi connectivity index (χ0v) is 6.70. The fraction of sp³-hybridized carbons (Fsp3) is 0.333. The maximum atomic E-state index is 5.29. The van der Waals surface area contributed by atoms with E-state index in [1.54, 1.807) is 13.2 Å². The van der Waals surface area contributed by atoms with Crippen LogP contribution in [-0.2, 0) is 4.74 Å². The molecule has 0 saturated carbocycles. The smallest absolute Gasteiger partial charge is 0.196 e. The van der Waals surface area contributed by atoms with Crippen LogP contribution in [0.1, 0.15) is 6.92 Å². The van der Waals surface area contributed by atoms with E-state index in [2.05, 4.69) is 6.07 Å². The SMILES string of the molecule is COC(C)Oc1[c]cccc1. The third kappa shape index (κ3) is 2.60. The number of hydrogen-bond donors (Lipinski definition) is 0. The highest BCUT2D eigenvalue weighted by molar-refractivity contribution is 5.19. The van der Waals surface area contributed by atoms with Crippen molar-refractivity contribution >= 4 is 0 Å². The molecule has 0 heterocycles. The highest BCUT2D eigenvalue weighted by atomic mass is 16.7. The quantitative estimate of drug-likeness (QED) is 0.614. The first kappa shape index (κ1) is 8.08. The number of ether oxygens (including phenoxy) is 2. The number of rotatable bonds is 3. The van der Waals surface area contributed by atoms with Crippen LogP contribution in [0.3, 0.4) is 0 Å². The molecule has 0 spiro atoms. The van der Waals surface area contributed by atoms with Gasteiger partial charge in [0.1, 0.15) is 5.75 Å². The van der Waals surface area contributed by atoms with Gasteiger partial charge in [0.2, 0.25) is 0 Å². The minimum atomic E-state index is -0.214. The van der Waals surface area contributed by atoms with Crippen LogP contribution in [0.25, 0.3) is 0 Å². The lowest BCUT2D eigenvalue weighted by atomic mass is 10.3. The van der Waals surface area contributed by atoms with Gasteiger partial charge in [0.25, 0.3) is 0 Å². The Hall–Kier alpha value is -1.02. The van der Waals surface area contributed by atoms with Gasteiger partial charge < -0.3 is 9.47 Å². The standard InChI is InChI=1S/C9H11O2/c1-8(10-2)11-9-6-4-3-5-7-9/h3-6,8H,1-2H3. The molecule has 2 heteroatoms. The molecule has 0 aliphatic heterocycles. The Kier molecular flexibility index (Phi) is 2.93. The summed E-state index contributed by atoms with van der Waals surface area (Å²) in [7, 11) is 1.60. The van der Waals surface area contributed by atoms with E-state index < -0.39 is 0 Å². The Balaban J connectivity index is 2.51. The molecule has 0 aliphatic rings. The molecular formula is C9H11O2. The second-order valence-corrected chi connectivity index (χ2v) is 2.15. The molecular weight excluding hydrogens is 140 g/mol. The van der Waals surface area contributed by atoms with E-state index in [9.17, 15) is 0 Å². The molecule has 0 saturated heterocycles. The monoisotopic (exact) mass is 151 g/mol. The van der Waals surface area contributed by atoms with Gasteiger partial charge in [-0.25, -0.2) is 0 Å². The van der Waals surface area contributed by atoms with E-state index in [0.29, 0.717) is 5.75 Å². The lowest BCUT2D eigenvalue weighted by molar-refractivity contribution is -0.0384. The highest BCUT2D eigenvalue weighted by Crippen LogP contribution is 2.09. The van der Waals surface area contributed by atoms with Crippen LogP contribution in [0.2, 0.25) is 0 Å². The molecule has 1 radical (unpaired) electrons. The zero-order chi connectivity index (χ0) is 8.10. The molecule has 2 nitrogen and oxygen atoms in total. The van der Waals surface area contributed by atoms with E-state index >= 15 is 0 Å². The third-order valence-corrected chi connectivity index (χ3v) is 1.31. The van der Waals surface area contributed by atoms with Gasteiger partial charge in [0.05, 0.1) is 0 Å². The largest absolute Gasteiger partial charge is 0.465 e. The topological polar surface area (TPSA) is 18.5 Å². The van der Waals surface area contributed by atoms with Crippen molar-refractivity contribution in [3.63, 3.8) is 0 Å². The van der Waals surface area contributed by atoms with Crippen molar-refractivity contribution in [2.45, 2.75) is 13.2 Å². The molecule has 59 valence electrons. The fourth-order valence-electron chi connectivity index (χ4n) is 0.677. The van der Waals surface area contributed by atoms with E-state index in [4.69, 9.17) is 9.47 Å². The molecule has 0 fully saturated rings. The van der Waals surface area contributed by atoms with E-state index in [1.807, 2.05) is 25.1 Å². The first-order valence-electron chi connectivity index (χ1n) is 3.49. The van der Waals surface area contributed by atoms with Crippen molar-refractivity contribution < 1.29 is 9.47 Å². The van der Waals surface area contributed by atoms with Crippen molar-refractivity contribution in [1.29, 1.82) is 0 Å². The van der Waals surface area contributed by atoms with Crippen molar-refractivity contribution in [2.24, 2.45) is 0 Å². The fourth-order valence-corrected chi connectivity index (χ4v) is 0.677. The lowest BCUT2D eigenvalue weighted by Gasteiger charge is -2.11. The minimum Gasteiger partial charge on any atom is -0.465 e. The molecule has 1 aromatic rings. The molecule has 0 bridgehead atoms. The summed E-state index contributed by atoms with van der Waals surface area (Å²) in [5.74, 6) is 0.710. The Morgan fingerprint density at radius 2 is 2.27 bits per heavy atom. The van der Waals surface area contributed by atoms with Crippen LogP contribution < -0.4 is 4.74 Å². The molecule has 1 rings (SSSR count). The van der Waals surface area contributed by atoms with Crippen LogP contribution in [0.15, 0.2) is 24.3 Å². The second kappa shape index (κ2) is 3.98. The summed E-state index contributed by atoms with van der Waals surface area (Å²) in [5.41, 5.74) is 0. The van der Waals surface area contributed by atoms with Crippen LogP contribution in [0.5, 0.6) is 5.75 Å². The summed E-state index contributed by atoms with van der Waals surface area (Å²) in [6.07, 6.45) is -0.214. The van der Waals surface area contributed by atoms with Gasteiger partial charge in [0.15, 0.2) is 6.29 Å². The number of para-hydroxylation sites is 1. The summed E-state index contributed by atoms with van der Waals surface area (Å²) < 4.78 is 10.2. The minimum absolute atomic E-state index is 0.214. The summed E-state index contributed by atoms with van der Waals surface area (Å²) in [5, 5.41) is 0. The van der Waals surface area contributed by atoms with Crippen LogP contribution in [-0.4, -0.2) is 13.4 Å². The normalized spacial score (nSPS) is 12.5. The second-order valence-electron chi connectivity index (χ2n) is 2.15. The van der Waals surface area contributed by atoms with Gasteiger partial charge in [-0.15, -0.1) is 0 Å². The molecule has 0 aliphatic carbocycles. The Morgan fingerprint density at radius 1 is 1.45 bits per heavy atom. The van der Waals surface area contributed by atoms with Crippen molar-refractivity contribution in [2.75, 3.05) is 7.11 Å². The number of benzene rings is 1. The van der Waals surface area contributed by atoms with Gasteiger partial charge in [-0.3, -0.25) is 0 Å². The number of hydrogen-bond acceptors (Lipinski definition) is 2. The summed E-state index contributed by atoms with van der Waals surface area (Å²) >= 11 is 0. The molecule has 1 aromatic carbocycles. The molecule has 0 aromatic heterocycles. The molecule has 0 N–H and O–H groups in total.